The number of benzene rings is 2. The number of hydrogen-bond donors (Lipinski definition) is 1. The smallest absolute Gasteiger partial charge is 0.243 e. The molecule has 1 aliphatic heterocycles. The molecule has 4 amide bonds. The van der Waals surface area contributed by atoms with Crippen LogP contribution in [0.4, 0.5) is 0 Å². The highest BCUT2D eigenvalue weighted by molar-refractivity contribution is 6.31. The molecule has 210 valence electrons. The van der Waals surface area contributed by atoms with Gasteiger partial charge in [0.2, 0.25) is 23.6 Å². The Labute approximate surface area is 240 Å². The van der Waals surface area contributed by atoms with Gasteiger partial charge in [-0.1, -0.05) is 85.1 Å². The Morgan fingerprint density at radius 1 is 0.925 bits per heavy atom. The van der Waals surface area contributed by atoms with Gasteiger partial charge in [0, 0.05) is 37.0 Å². The van der Waals surface area contributed by atoms with Crippen LogP contribution in [0.25, 0.3) is 0 Å². The van der Waals surface area contributed by atoms with E-state index in [4.69, 9.17) is 11.6 Å². The molecule has 3 atom stereocenters. The first-order valence-corrected chi connectivity index (χ1v) is 14.7. The van der Waals surface area contributed by atoms with E-state index in [-0.39, 0.29) is 61.0 Å². The highest BCUT2D eigenvalue weighted by Crippen LogP contribution is 2.35. The summed E-state index contributed by atoms with van der Waals surface area (Å²) in [5.41, 5.74) is 1.67. The molecule has 1 saturated carbocycles. The summed E-state index contributed by atoms with van der Waals surface area (Å²) in [4.78, 5) is 56.6. The summed E-state index contributed by atoms with van der Waals surface area (Å²) in [5.74, 6) is -1.57. The summed E-state index contributed by atoms with van der Waals surface area (Å²) >= 11 is 6.50. The molecule has 2 fully saturated rings. The van der Waals surface area contributed by atoms with Crippen LogP contribution in [0.5, 0.6) is 0 Å². The van der Waals surface area contributed by atoms with Crippen molar-refractivity contribution < 1.29 is 19.2 Å². The number of hydrogen-bond acceptors (Lipinski definition) is 4. The summed E-state index contributed by atoms with van der Waals surface area (Å²) in [6.45, 7) is 0.149. The van der Waals surface area contributed by atoms with Crippen molar-refractivity contribution in [3.05, 3.63) is 82.9 Å². The van der Waals surface area contributed by atoms with Gasteiger partial charge < -0.3 is 10.2 Å². The zero-order valence-corrected chi connectivity index (χ0v) is 23.4. The average Bonchev–Trinajstić information content (AvgIpc) is 3.57. The number of halogens is 1. The fraction of sp³-hybridized carbons (Fsp3) is 0.438. The number of rotatable bonds is 10. The second-order valence-electron chi connectivity index (χ2n) is 11.0. The van der Waals surface area contributed by atoms with Crippen LogP contribution in [0.1, 0.15) is 56.1 Å². The predicted octanol–water partition coefficient (Wildman–Crippen LogP) is 4.68. The Kier molecular flexibility index (Phi) is 9.00. The molecule has 1 saturated heterocycles. The third-order valence-corrected chi connectivity index (χ3v) is 8.79. The summed E-state index contributed by atoms with van der Waals surface area (Å²) in [6.07, 6.45) is 9.30. The van der Waals surface area contributed by atoms with Crippen LogP contribution in [-0.2, 0) is 32.1 Å². The number of amides is 4. The number of nitrogens with one attached hydrogen (secondary N) is 1. The third kappa shape index (κ3) is 6.30. The van der Waals surface area contributed by atoms with Gasteiger partial charge >= 0.3 is 0 Å². The zero-order valence-electron chi connectivity index (χ0n) is 22.6. The van der Waals surface area contributed by atoms with Gasteiger partial charge in [-0.3, -0.25) is 24.1 Å². The van der Waals surface area contributed by atoms with E-state index in [9.17, 15) is 19.2 Å². The normalized spacial score (nSPS) is 21.4. The number of carbonyl (C=O) groups is 4. The van der Waals surface area contributed by atoms with E-state index >= 15 is 0 Å². The molecule has 0 radical (unpaired) electrons. The minimum absolute atomic E-state index is 0.00478. The topological polar surface area (TPSA) is 86.8 Å². The summed E-state index contributed by atoms with van der Waals surface area (Å²) in [7, 11) is 0. The second kappa shape index (κ2) is 12.8. The van der Waals surface area contributed by atoms with Crippen LogP contribution < -0.4 is 5.32 Å². The Bertz CT molecular complexity index is 1250. The minimum atomic E-state index is -0.775. The van der Waals surface area contributed by atoms with Crippen LogP contribution in [-0.4, -0.2) is 52.1 Å². The van der Waals surface area contributed by atoms with Crippen molar-refractivity contribution in [3.63, 3.8) is 0 Å². The minimum Gasteiger partial charge on any atom is -0.352 e. The van der Waals surface area contributed by atoms with E-state index in [1.807, 2.05) is 60.7 Å². The van der Waals surface area contributed by atoms with Crippen LogP contribution in [0, 0.1) is 11.8 Å². The zero-order chi connectivity index (χ0) is 28.1. The average molecular weight is 562 g/mol. The van der Waals surface area contributed by atoms with Crippen LogP contribution in [0.15, 0.2) is 66.7 Å². The van der Waals surface area contributed by atoms with Crippen molar-refractivity contribution in [2.24, 2.45) is 11.8 Å². The molecule has 1 heterocycles. The first-order valence-electron chi connectivity index (χ1n) is 14.3. The van der Waals surface area contributed by atoms with Gasteiger partial charge in [-0.25, -0.2) is 0 Å². The quantitative estimate of drug-likeness (QED) is 0.337. The van der Waals surface area contributed by atoms with Gasteiger partial charge in [0.05, 0.1) is 11.8 Å². The van der Waals surface area contributed by atoms with Crippen molar-refractivity contribution in [1.29, 1.82) is 0 Å². The fourth-order valence-corrected chi connectivity index (χ4v) is 6.37. The standard InChI is InChI=1S/C32H36ClN3O4/c33-27-17-9-4-12-23(27)21-36(29(37)18-19-35-31(39)25-15-7-8-16-26(25)32(35)40)28(20-22-10-2-1-3-11-22)30(38)34-24-13-5-6-14-24/h1-4,7-12,17,24-26,28H,5-6,13-16,18-21H2,(H,34,38)/t25-,26+,28-/m0/s1. The van der Waals surface area contributed by atoms with Crippen molar-refractivity contribution in [2.75, 3.05) is 6.54 Å². The van der Waals surface area contributed by atoms with Crippen molar-refractivity contribution >= 4 is 35.2 Å². The number of fused-ring (bicyclic) bond motifs is 1. The molecule has 5 rings (SSSR count). The molecular formula is C32H36ClN3O4. The summed E-state index contributed by atoms with van der Waals surface area (Å²) in [5, 5.41) is 3.70. The number of imide groups is 1. The van der Waals surface area contributed by atoms with Gasteiger partial charge in [-0.15, -0.1) is 0 Å². The molecule has 0 spiro atoms. The van der Waals surface area contributed by atoms with Crippen molar-refractivity contribution in [2.45, 2.75) is 70.0 Å². The highest BCUT2D eigenvalue weighted by Gasteiger charge is 2.47. The van der Waals surface area contributed by atoms with Gasteiger partial charge in [0.25, 0.3) is 0 Å². The molecule has 3 aliphatic rings. The van der Waals surface area contributed by atoms with E-state index in [1.165, 1.54) is 4.90 Å². The van der Waals surface area contributed by atoms with E-state index in [2.05, 4.69) is 5.32 Å². The largest absolute Gasteiger partial charge is 0.352 e. The van der Waals surface area contributed by atoms with E-state index in [0.29, 0.717) is 24.3 Å². The van der Waals surface area contributed by atoms with E-state index < -0.39 is 6.04 Å². The third-order valence-electron chi connectivity index (χ3n) is 8.42. The molecule has 2 aliphatic carbocycles. The SMILES string of the molecule is O=C(NC1CCCC1)[C@H](Cc1ccccc1)N(Cc1ccccc1Cl)C(=O)CCN1C(=O)[C@H]2CC=CC[C@H]2C1=O. The van der Waals surface area contributed by atoms with Gasteiger partial charge in [0.15, 0.2) is 0 Å². The van der Waals surface area contributed by atoms with Gasteiger partial charge in [-0.05, 0) is 42.9 Å². The first-order chi connectivity index (χ1) is 19.4. The summed E-state index contributed by atoms with van der Waals surface area (Å²) < 4.78 is 0. The molecule has 2 aromatic carbocycles. The van der Waals surface area contributed by atoms with E-state index in [1.54, 1.807) is 11.0 Å². The monoisotopic (exact) mass is 561 g/mol. The summed E-state index contributed by atoms with van der Waals surface area (Å²) in [6, 6.07) is 16.3. The molecule has 8 heteroatoms. The van der Waals surface area contributed by atoms with Gasteiger partial charge in [0.1, 0.15) is 6.04 Å². The van der Waals surface area contributed by atoms with Gasteiger partial charge in [-0.2, -0.15) is 0 Å². The maximum Gasteiger partial charge on any atom is 0.243 e. The Morgan fingerprint density at radius 2 is 1.55 bits per heavy atom. The number of allylic oxidation sites excluding steroid dienone is 2. The molecule has 0 unspecified atom stereocenters. The molecule has 0 bridgehead atoms. The van der Waals surface area contributed by atoms with Crippen molar-refractivity contribution in [1.82, 2.24) is 15.1 Å². The lowest BCUT2D eigenvalue weighted by Crippen LogP contribution is -2.52. The molecule has 0 aromatic heterocycles. The lowest BCUT2D eigenvalue weighted by molar-refractivity contribution is -0.144. The molecule has 1 N–H and O–H groups in total. The maximum atomic E-state index is 14.0. The Balaban J connectivity index is 1.39. The fourth-order valence-electron chi connectivity index (χ4n) is 6.17. The number of nitrogens with zero attached hydrogens (tertiary/aromatic N) is 2. The first kappa shape index (κ1) is 28.1. The number of carbonyl (C=O) groups excluding carboxylic acids is 4. The van der Waals surface area contributed by atoms with Crippen molar-refractivity contribution in [3.8, 4) is 0 Å². The van der Waals surface area contributed by atoms with E-state index in [0.717, 1.165) is 36.8 Å². The highest BCUT2D eigenvalue weighted by atomic mass is 35.5. The lowest BCUT2D eigenvalue weighted by Gasteiger charge is -2.33. The lowest BCUT2D eigenvalue weighted by atomic mass is 9.85. The van der Waals surface area contributed by atoms with Crippen LogP contribution in [0.2, 0.25) is 5.02 Å². The molecule has 7 nitrogen and oxygen atoms in total. The molecular weight excluding hydrogens is 526 g/mol. The molecule has 2 aromatic rings. The molecule has 40 heavy (non-hydrogen) atoms. The second-order valence-corrected chi connectivity index (χ2v) is 11.4. The van der Waals surface area contributed by atoms with Crippen LogP contribution >= 0.6 is 11.6 Å². The Morgan fingerprint density at radius 3 is 2.20 bits per heavy atom. The maximum absolute atomic E-state index is 14.0. The Hall–Kier alpha value is -3.45. The van der Waals surface area contributed by atoms with Crippen LogP contribution in [0.3, 0.4) is 0 Å². The number of likely N-dealkylation sites (tertiary alicyclic amines) is 1. The predicted molar refractivity (Wildman–Crippen MR) is 153 cm³/mol.